The van der Waals surface area contributed by atoms with Crippen LogP contribution < -0.4 is 5.32 Å². The molecule has 0 fully saturated rings. The molecule has 0 atom stereocenters. The molecule has 0 rings (SSSR count). The number of ether oxygens (including phenoxy) is 1. The fourth-order valence-corrected chi connectivity index (χ4v) is 1.27. The Morgan fingerprint density at radius 1 is 1.20 bits per heavy atom. The molecular formula is C11H24N2O2. The molecule has 0 aromatic heterocycles. The van der Waals surface area contributed by atoms with E-state index in [1.165, 1.54) is 0 Å². The van der Waals surface area contributed by atoms with Crippen LogP contribution in [0, 0.1) is 0 Å². The minimum absolute atomic E-state index is 0.162. The lowest BCUT2D eigenvalue weighted by Crippen LogP contribution is -2.38. The van der Waals surface area contributed by atoms with E-state index in [1.807, 2.05) is 18.7 Å². The first-order chi connectivity index (χ1) is 7.26. The average Bonchev–Trinajstić information content (AvgIpc) is 2.25. The highest BCUT2D eigenvalue weighted by Gasteiger charge is 2.07. The van der Waals surface area contributed by atoms with Gasteiger partial charge in [-0.05, 0) is 20.3 Å². The molecule has 0 aliphatic rings. The van der Waals surface area contributed by atoms with Gasteiger partial charge in [-0.15, -0.1) is 0 Å². The molecule has 0 radical (unpaired) electrons. The second-order valence-electron chi connectivity index (χ2n) is 3.36. The normalized spacial score (nSPS) is 10.3. The zero-order valence-corrected chi connectivity index (χ0v) is 10.2. The van der Waals surface area contributed by atoms with Gasteiger partial charge in [0.2, 0.25) is 5.91 Å². The maximum absolute atomic E-state index is 11.5. The van der Waals surface area contributed by atoms with E-state index in [0.29, 0.717) is 13.2 Å². The Morgan fingerprint density at radius 2 is 1.87 bits per heavy atom. The topological polar surface area (TPSA) is 41.6 Å². The van der Waals surface area contributed by atoms with E-state index >= 15 is 0 Å². The molecule has 0 unspecified atom stereocenters. The van der Waals surface area contributed by atoms with Gasteiger partial charge in [0.15, 0.2) is 0 Å². The summed E-state index contributed by atoms with van der Waals surface area (Å²) in [5.41, 5.74) is 0. The van der Waals surface area contributed by atoms with Crippen molar-refractivity contribution in [3.63, 3.8) is 0 Å². The average molecular weight is 216 g/mol. The summed E-state index contributed by atoms with van der Waals surface area (Å²) < 4.78 is 5.29. The van der Waals surface area contributed by atoms with Crippen LogP contribution in [-0.2, 0) is 9.53 Å². The molecule has 1 amide bonds. The van der Waals surface area contributed by atoms with Crippen LogP contribution in [0.4, 0.5) is 0 Å². The van der Waals surface area contributed by atoms with Gasteiger partial charge >= 0.3 is 0 Å². The van der Waals surface area contributed by atoms with Crippen LogP contribution in [0.25, 0.3) is 0 Å². The molecule has 4 heteroatoms. The van der Waals surface area contributed by atoms with Gasteiger partial charge in [0.1, 0.15) is 0 Å². The maximum atomic E-state index is 11.5. The quantitative estimate of drug-likeness (QED) is 0.582. The summed E-state index contributed by atoms with van der Waals surface area (Å²) in [6, 6.07) is 0. The van der Waals surface area contributed by atoms with Crippen molar-refractivity contribution >= 4 is 5.91 Å². The van der Waals surface area contributed by atoms with Crippen LogP contribution >= 0.6 is 0 Å². The van der Waals surface area contributed by atoms with Crippen LogP contribution in [0.3, 0.4) is 0 Å². The number of carbonyl (C=O) groups excluding carboxylic acids is 1. The predicted octanol–water partition coefficient (Wildman–Crippen LogP) is 0.871. The number of amides is 1. The minimum atomic E-state index is 0.162. The highest BCUT2D eigenvalue weighted by atomic mass is 16.5. The summed E-state index contributed by atoms with van der Waals surface area (Å²) in [6.07, 6.45) is 1.04. The van der Waals surface area contributed by atoms with Crippen molar-refractivity contribution in [2.75, 3.05) is 39.4 Å². The maximum Gasteiger partial charge on any atom is 0.236 e. The molecule has 0 bridgehead atoms. The van der Waals surface area contributed by atoms with Gasteiger partial charge in [0.05, 0.1) is 13.2 Å². The van der Waals surface area contributed by atoms with Gasteiger partial charge in [0, 0.05) is 26.2 Å². The Bertz CT molecular complexity index is 159. The Balaban J connectivity index is 3.38. The van der Waals surface area contributed by atoms with Gasteiger partial charge in [-0.2, -0.15) is 0 Å². The first-order valence-electron chi connectivity index (χ1n) is 5.82. The molecule has 0 aliphatic heterocycles. The highest BCUT2D eigenvalue weighted by Crippen LogP contribution is 1.87. The number of hydrogen-bond donors (Lipinski definition) is 1. The van der Waals surface area contributed by atoms with Gasteiger partial charge in [-0.1, -0.05) is 6.92 Å². The molecule has 4 nitrogen and oxygen atoms in total. The number of likely N-dealkylation sites (N-methyl/N-ethyl adjacent to an activating group) is 1. The Labute approximate surface area is 93.0 Å². The molecule has 0 saturated heterocycles. The van der Waals surface area contributed by atoms with Crippen molar-refractivity contribution in [3.8, 4) is 0 Å². The van der Waals surface area contributed by atoms with Crippen molar-refractivity contribution < 1.29 is 9.53 Å². The van der Waals surface area contributed by atoms with Crippen molar-refractivity contribution in [1.29, 1.82) is 0 Å². The standard InChI is InChI=1S/C11H24N2O2/c1-4-8-15-9-7-12-10-11(14)13(5-2)6-3/h12H,4-10H2,1-3H3. The number of nitrogens with zero attached hydrogens (tertiary/aromatic N) is 1. The zero-order valence-electron chi connectivity index (χ0n) is 10.2. The second-order valence-corrected chi connectivity index (χ2v) is 3.36. The first kappa shape index (κ1) is 14.4. The molecule has 0 aliphatic carbocycles. The second kappa shape index (κ2) is 9.93. The summed E-state index contributed by atoms with van der Waals surface area (Å²) in [4.78, 5) is 13.3. The monoisotopic (exact) mass is 216 g/mol. The Morgan fingerprint density at radius 3 is 2.40 bits per heavy atom. The molecule has 0 spiro atoms. The zero-order chi connectivity index (χ0) is 11.5. The van der Waals surface area contributed by atoms with Crippen LogP contribution in [-0.4, -0.2) is 50.2 Å². The van der Waals surface area contributed by atoms with E-state index in [0.717, 1.165) is 32.7 Å². The van der Waals surface area contributed by atoms with Gasteiger partial charge in [0.25, 0.3) is 0 Å². The third-order valence-corrected chi connectivity index (χ3v) is 2.16. The third-order valence-electron chi connectivity index (χ3n) is 2.16. The van der Waals surface area contributed by atoms with E-state index in [9.17, 15) is 4.79 Å². The van der Waals surface area contributed by atoms with Crippen molar-refractivity contribution in [3.05, 3.63) is 0 Å². The van der Waals surface area contributed by atoms with Gasteiger partial charge < -0.3 is 15.0 Å². The van der Waals surface area contributed by atoms with E-state index in [2.05, 4.69) is 12.2 Å². The van der Waals surface area contributed by atoms with Crippen molar-refractivity contribution in [2.45, 2.75) is 27.2 Å². The van der Waals surface area contributed by atoms with Crippen LogP contribution in [0.15, 0.2) is 0 Å². The summed E-state index contributed by atoms with van der Waals surface area (Å²) in [6.45, 7) is 10.3. The third kappa shape index (κ3) is 7.33. The highest BCUT2D eigenvalue weighted by molar-refractivity contribution is 5.78. The number of rotatable bonds is 9. The van der Waals surface area contributed by atoms with Gasteiger partial charge in [-0.3, -0.25) is 4.79 Å². The first-order valence-corrected chi connectivity index (χ1v) is 5.82. The van der Waals surface area contributed by atoms with Crippen molar-refractivity contribution in [2.24, 2.45) is 0 Å². The predicted molar refractivity (Wildman–Crippen MR) is 61.9 cm³/mol. The van der Waals surface area contributed by atoms with E-state index in [4.69, 9.17) is 4.74 Å². The molecule has 0 aromatic rings. The molecule has 0 heterocycles. The molecule has 0 saturated carbocycles. The summed E-state index contributed by atoms with van der Waals surface area (Å²) >= 11 is 0. The Hall–Kier alpha value is -0.610. The largest absolute Gasteiger partial charge is 0.380 e. The lowest BCUT2D eigenvalue weighted by molar-refractivity contribution is -0.129. The van der Waals surface area contributed by atoms with E-state index in [1.54, 1.807) is 0 Å². The fourth-order valence-electron chi connectivity index (χ4n) is 1.27. The molecular weight excluding hydrogens is 192 g/mol. The van der Waals surface area contributed by atoms with Crippen LogP contribution in [0.5, 0.6) is 0 Å². The van der Waals surface area contributed by atoms with Crippen LogP contribution in [0.2, 0.25) is 0 Å². The number of hydrogen-bond acceptors (Lipinski definition) is 3. The number of nitrogens with one attached hydrogen (secondary N) is 1. The molecule has 90 valence electrons. The Kier molecular flexibility index (Phi) is 9.52. The van der Waals surface area contributed by atoms with Crippen LogP contribution in [0.1, 0.15) is 27.2 Å². The lowest BCUT2D eigenvalue weighted by Gasteiger charge is -2.18. The number of carbonyl (C=O) groups is 1. The van der Waals surface area contributed by atoms with E-state index < -0.39 is 0 Å². The van der Waals surface area contributed by atoms with Crippen molar-refractivity contribution in [1.82, 2.24) is 10.2 Å². The SMILES string of the molecule is CCCOCCNCC(=O)N(CC)CC. The molecule has 15 heavy (non-hydrogen) atoms. The minimum Gasteiger partial charge on any atom is -0.380 e. The summed E-state index contributed by atoms with van der Waals surface area (Å²) in [5, 5.41) is 3.08. The molecule has 0 aromatic carbocycles. The summed E-state index contributed by atoms with van der Waals surface area (Å²) in [7, 11) is 0. The smallest absolute Gasteiger partial charge is 0.236 e. The summed E-state index contributed by atoms with van der Waals surface area (Å²) in [5.74, 6) is 0.162. The fraction of sp³-hybridized carbons (Fsp3) is 0.909. The van der Waals surface area contributed by atoms with Gasteiger partial charge in [-0.25, -0.2) is 0 Å². The molecule has 1 N–H and O–H groups in total. The van der Waals surface area contributed by atoms with E-state index in [-0.39, 0.29) is 5.91 Å². The lowest BCUT2D eigenvalue weighted by atomic mass is 10.4.